The first-order valence-corrected chi connectivity index (χ1v) is 12.6. The van der Waals surface area contributed by atoms with Gasteiger partial charge in [0.1, 0.15) is 0 Å². The molecular weight excluding hydrogens is 468 g/mol. The molecule has 0 aliphatic carbocycles. The second kappa shape index (κ2) is 10.3. The highest BCUT2D eigenvalue weighted by Crippen LogP contribution is 2.38. The number of carbonyl (C=O) groups excluding carboxylic acids is 1. The average Bonchev–Trinajstić information content (AvgIpc) is 2.90. The number of nitrogens with one attached hydrogen (secondary N) is 1. The molecule has 3 aromatic carbocycles. The molecule has 0 radical (unpaired) electrons. The Bertz CT molecular complexity index is 1300. The van der Waals surface area contributed by atoms with E-state index in [2.05, 4.69) is 5.32 Å². The Labute approximate surface area is 205 Å². The Balaban J connectivity index is 1.48. The topological polar surface area (TPSA) is 94.2 Å². The molecule has 0 aromatic heterocycles. The first-order valence-electron chi connectivity index (χ1n) is 11.2. The van der Waals surface area contributed by atoms with E-state index in [9.17, 15) is 13.2 Å². The minimum Gasteiger partial charge on any atom is -0.493 e. The first-order chi connectivity index (χ1) is 16.9. The molecule has 9 heteroatoms. The van der Waals surface area contributed by atoms with Gasteiger partial charge >= 0.3 is 0 Å². The third kappa shape index (κ3) is 4.90. The van der Waals surface area contributed by atoms with Crippen molar-refractivity contribution < 1.29 is 27.4 Å². The fraction of sp³-hybridized carbons (Fsp3) is 0.269. The van der Waals surface area contributed by atoms with E-state index in [-0.39, 0.29) is 17.3 Å². The maximum Gasteiger partial charge on any atom is 0.264 e. The normalized spacial score (nSPS) is 13.1. The number of rotatable bonds is 8. The number of para-hydroxylation sites is 1. The molecule has 0 saturated carbocycles. The lowest BCUT2D eigenvalue weighted by molar-refractivity contribution is 0.0950. The third-order valence-corrected chi connectivity index (χ3v) is 7.78. The smallest absolute Gasteiger partial charge is 0.264 e. The van der Waals surface area contributed by atoms with Gasteiger partial charge in [0.2, 0.25) is 5.75 Å². The molecule has 184 valence electrons. The van der Waals surface area contributed by atoms with Crippen LogP contribution in [0.5, 0.6) is 17.2 Å². The van der Waals surface area contributed by atoms with Crippen LogP contribution in [0.1, 0.15) is 27.9 Å². The number of benzene rings is 3. The molecule has 3 aromatic rings. The lowest BCUT2D eigenvalue weighted by Gasteiger charge is -2.30. The number of ether oxygens (including phenoxy) is 3. The molecule has 0 saturated heterocycles. The Kier molecular flexibility index (Phi) is 7.16. The fourth-order valence-corrected chi connectivity index (χ4v) is 5.72. The van der Waals surface area contributed by atoms with Crippen LogP contribution in [0.3, 0.4) is 0 Å². The Hall–Kier alpha value is -3.72. The maximum absolute atomic E-state index is 13.3. The largest absolute Gasteiger partial charge is 0.493 e. The summed E-state index contributed by atoms with van der Waals surface area (Å²) >= 11 is 0. The molecule has 4 rings (SSSR count). The highest BCUT2D eigenvalue weighted by atomic mass is 32.2. The predicted molar refractivity (Wildman–Crippen MR) is 133 cm³/mol. The number of nitrogens with zero attached hydrogens (tertiary/aromatic N) is 1. The fourth-order valence-electron chi connectivity index (χ4n) is 4.18. The monoisotopic (exact) mass is 496 g/mol. The van der Waals surface area contributed by atoms with Crippen molar-refractivity contribution in [3.05, 3.63) is 77.4 Å². The van der Waals surface area contributed by atoms with Gasteiger partial charge in [0.05, 0.1) is 31.9 Å². The highest BCUT2D eigenvalue weighted by Gasteiger charge is 2.29. The van der Waals surface area contributed by atoms with Crippen molar-refractivity contribution in [2.24, 2.45) is 0 Å². The average molecular weight is 497 g/mol. The molecule has 0 atom stereocenters. The molecule has 0 unspecified atom stereocenters. The first kappa shape index (κ1) is 24.4. The van der Waals surface area contributed by atoms with Crippen molar-refractivity contribution in [3.8, 4) is 17.2 Å². The number of amides is 1. The number of hydrogen-bond donors (Lipinski definition) is 1. The van der Waals surface area contributed by atoms with Gasteiger partial charge < -0.3 is 19.5 Å². The number of carbonyl (C=O) groups is 1. The number of hydrogen-bond acceptors (Lipinski definition) is 6. The minimum absolute atomic E-state index is 0.149. The van der Waals surface area contributed by atoms with Crippen molar-refractivity contribution in [3.63, 3.8) is 0 Å². The second-order valence-electron chi connectivity index (χ2n) is 8.05. The molecule has 1 aliphatic rings. The van der Waals surface area contributed by atoms with Crippen molar-refractivity contribution in [1.29, 1.82) is 0 Å². The summed E-state index contributed by atoms with van der Waals surface area (Å²) in [6.07, 6.45) is 1.62. The van der Waals surface area contributed by atoms with Crippen LogP contribution in [-0.4, -0.2) is 42.2 Å². The number of methoxy groups -OCH3 is 3. The summed E-state index contributed by atoms with van der Waals surface area (Å²) in [4.78, 5) is 12.9. The van der Waals surface area contributed by atoms with Crippen LogP contribution in [0.2, 0.25) is 0 Å². The Morgan fingerprint density at radius 1 is 0.943 bits per heavy atom. The Morgan fingerprint density at radius 2 is 1.60 bits per heavy atom. The number of aryl methyl sites for hydroxylation is 1. The minimum atomic E-state index is -3.73. The van der Waals surface area contributed by atoms with Crippen LogP contribution in [-0.2, 0) is 23.0 Å². The zero-order chi connectivity index (χ0) is 25.0. The van der Waals surface area contributed by atoms with Gasteiger partial charge in [-0.1, -0.05) is 18.2 Å². The van der Waals surface area contributed by atoms with Gasteiger partial charge in [0.15, 0.2) is 11.5 Å². The second-order valence-corrected chi connectivity index (χ2v) is 9.91. The predicted octanol–water partition coefficient (Wildman–Crippen LogP) is 3.78. The van der Waals surface area contributed by atoms with E-state index in [1.807, 2.05) is 24.3 Å². The van der Waals surface area contributed by atoms with Crippen LogP contribution >= 0.6 is 0 Å². The number of anilines is 1. The quantitative estimate of drug-likeness (QED) is 0.510. The van der Waals surface area contributed by atoms with E-state index in [4.69, 9.17) is 14.2 Å². The van der Waals surface area contributed by atoms with Crippen LogP contribution < -0.4 is 23.8 Å². The lowest BCUT2D eigenvalue weighted by Crippen LogP contribution is -2.35. The molecule has 1 heterocycles. The van der Waals surface area contributed by atoms with Crippen molar-refractivity contribution in [2.75, 3.05) is 32.2 Å². The summed E-state index contributed by atoms with van der Waals surface area (Å²) in [5.41, 5.74) is 2.85. The maximum atomic E-state index is 13.3. The van der Waals surface area contributed by atoms with Gasteiger partial charge in [-0.05, 0) is 66.4 Å². The summed E-state index contributed by atoms with van der Waals surface area (Å²) in [6, 6.07) is 17.0. The summed E-state index contributed by atoms with van der Waals surface area (Å²) in [7, 11) is 0.841. The number of sulfonamides is 1. The van der Waals surface area contributed by atoms with Crippen LogP contribution in [0.25, 0.3) is 0 Å². The molecule has 0 bridgehead atoms. The van der Waals surface area contributed by atoms with Gasteiger partial charge in [-0.3, -0.25) is 9.10 Å². The SMILES string of the molecule is COc1cc(CNC(=O)c2ccc(S(=O)(=O)N3CCCc4ccccc43)cc2)cc(OC)c1OC. The van der Waals surface area contributed by atoms with E-state index in [1.165, 1.54) is 49.9 Å². The van der Waals surface area contributed by atoms with Crippen molar-refractivity contribution in [2.45, 2.75) is 24.3 Å². The van der Waals surface area contributed by atoms with Crippen LogP contribution in [0.4, 0.5) is 5.69 Å². The molecule has 1 amide bonds. The van der Waals surface area contributed by atoms with Gasteiger partial charge in [-0.25, -0.2) is 8.42 Å². The van der Waals surface area contributed by atoms with E-state index in [1.54, 1.807) is 12.1 Å². The zero-order valence-electron chi connectivity index (χ0n) is 19.9. The Morgan fingerprint density at radius 3 is 2.23 bits per heavy atom. The molecule has 35 heavy (non-hydrogen) atoms. The summed E-state index contributed by atoms with van der Waals surface area (Å²) in [6.45, 7) is 0.649. The molecule has 0 spiro atoms. The van der Waals surface area contributed by atoms with Crippen molar-refractivity contribution in [1.82, 2.24) is 5.32 Å². The lowest BCUT2D eigenvalue weighted by atomic mass is 10.0. The standard InChI is InChI=1S/C26H28N2O6S/c1-32-23-15-18(16-24(33-2)25(23)34-3)17-27-26(29)20-10-12-21(13-11-20)35(30,31)28-14-6-8-19-7-4-5-9-22(19)28/h4-5,7,9-13,15-16H,6,8,14,17H2,1-3H3,(H,27,29). The summed E-state index contributed by atoms with van der Waals surface area (Å²) in [5.74, 6) is 1.12. The van der Waals surface area contributed by atoms with Gasteiger partial charge in [0.25, 0.3) is 15.9 Å². The van der Waals surface area contributed by atoms with E-state index < -0.39 is 10.0 Å². The molecule has 1 aliphatic heterocycles. The van der Waals surface area contributed by atoms with Crippen LogP contribution in [0.15, 0.2) is 65.6 Å². The van der Waals surface area contributed by atoms with E-state index in [0.717, 1.165) is 24.0 Å². The molecule has 1 N–H and O–H groups in total. The zero-order valence-corrected chi connectivity index (χ0v) is 20.7. The summed E-state index contributed by atoms with van der Waals surface area (Å²) < 4.78 is 44.1. The molecular formula is C26H28N2O6S. The van der Waals surface area contributed by atoms with Gasteiger partial charge in [0, 0.05) is 18.7 Å². The van der Waals surface area contributed by atoms with E-state index in [0.29, 0.717) is 35.0 Å². The van der Waals surface area contributed by atoms with Crippen molar-refractivity contribution >= 4 is 21.6 Å². The molecule has 8 nitrogen and oxygen atoms in total. The van der Waals surface area contributed by atoms with E-state index >= 15 is 0 Å². The summed E-state index contributed by atoms with van der Waals surface area (Å²) in [5, 5.41) is 2.84. The van der Waals surface area contributed by atoms with Gasteiger partial charge in [-0.2, -0.15) is 0 Å². The number of fused-ring (bicyclic) bond motifs is 1. The van der Waals surface area contributed by atoms with Crippen LogP contribution in [0, 0.1) is 0 Å². The van der Waals surface area contributed by atoms with Gasteiger partial charge in [-0.15, -0.1) is 0 Å². The molecule has 0 fully saturated rings. The third-order valence-electron chi connectivity index (χ3n) is 5.95. The highest BCUT2D eigenvalue weighted by molar-refractivity contribution is 7.92.